The lowest BCUT2D eigenvalue weighted by molar-refractivity contribution is -0.151. The summed E-state index contributed by atoms with van der Waals surface area (Å²) < 4.78 is 4.56. The summed E-state index contributed by atoms with van der Waals surface area (Å²) in [5.41, 5.74) is 0. The molecule has 1 N–H and O–H groups in total. The average Bonchev–Trinajstić information content (AvgIpc) is 2.36. The number of carboxylic acid groups (broad SMARTS) is 1. The van der Waals surface area contributed by atoms with Gasteiger partial charge in [0.05, 0.1) is 7.11 Å². The number of carboxylic acids is 1. The Kier molecular flexibility index (Phi) is 4.30. The van der Waals surface area contributed by atoms with Gasteiger partial charge in [-0.2, -0.15) is 0 Å². The van der Waals surface area contributed by atoms with E-state index in [9.17, 15) is 14.4 Å². The SMILES string of the molecule is COC(=O)N1CCN(C(=O)C(C)C(=O)O)CC1. The van der Waals surface area contributed by atoms with Crippen LogP contribution in [0.4, 0.5) is 4.79 Å². The van der Waals surface area contributed by atoms with E-state index in [4.69, 9.17) is 5.11 Å². The first-order chi connectivity index (χ1) is 7.97. The number of ether oxygens (including phenoxy) is 1. The lowest BCUT2D eigenvalue weighted by Crippen LogP contribution is -2.52. The van der Waals surface area contributed by atoms with Crippen LogP contribution in [0.5, 0.6) is 0 Å². The van der Waals surface area contributed by atoms with Crippen molar-refractivity contribution < 1.29 is 24.2 Å². The first kappa shape index (κ1) is 13.3. The Balaban J connectivity index is 2.49. The molecule has 0 bridgehead atoms. The van der Waals surface area contributed by atoms with Gasteiger partial charge in [-0.3, -0.25) is 9.59 Å². The van der Waals surface area contributed by atoms with Gasteiger partial charge in [-0.15, -0.1) is 0 Å². The molecule has 1 fully saturated rings. The quantitative estimate of drug-likeness (QED) is 0.669. The van der Waals surface area contributed by atoms with Gasteiger partial charge in [0, 0.05) is 26.2 Å². The van der Waals surface area contributed by atoms with Gasteiger partial charge in [-0.25, -0.2) is 4.79 Å². The lowest BCUT2D eigenvalue weighted by Gasteiger charge is -2.34. The predicted octanol–water partition coefficient (Wildman–Crippen LogP) is -0.382. The summed E-state index contributed by atoms with van der Waals surface area (Å²) in [7, 11) is 1.30. The van der Waals surface area contributed by atoms with Crippen LogP contribution in [0.1, 0.15) is 6.92 Å². The molecule has 0 saturated carbocycles. The smallest absolute Gasteiger partial charge is 0.409 e. The van der Waals surface area contributed by atoms with Gasteiger partial charge < -0.3 is 19.6 Å². The molecule has 7 nitrogen and oxygen atoms in total. The van der Waals surface area contributed by atoms with E-state index in [0.29, 0.717) is 26.2 Å². The van der Waals surface area contributed by atoms with E-state index >= 15 is 0 Å². The molecule has 0 aromatic heterocycles. The number of aliphatic carboxylic acids is 1. The van der Waals surface area contributed by atoms with Crippen LogP contribution in [0, 0.1) is 5.92 Å². The van der Waals surface area contributed by atoms with Crippen LogP contribution in [0.2, 0.25) is 0 Å². The fourth-order valence-electron chi connectivity index (χ4n) is 1.62. The molecule has 1 aliphatic rings. The van der Waals surface area contributed by atoms with Gasteiger partial charge in [0.15, 0.2) is 0 Å². The van der Waals surface area contributed by atoms with Gasteiger partial charge in [0.1, 0.15) is 5.92 Å². The van der Waals surface area contributed by atoms with Crippen LogP contribution in [0.25, 0.3) is 0 Å². The monoisotopic (exact) mass is 244 g/mol. The van der Waals surface area contributed by atoms with Gasteiger partial charge in [-0.1, -0.05) is 0 Å². The molecule has 96 valence electrons. The standard InChI is InChI=1S/C10H16N2O5/c1-7(9(14)15)8(13)11-3-5-12(6-4-11)10(16)17-2/h7H,3-6H2,1-2H3,(H,14,15). The lowest BCUT2D eigenvalue weighted by atomic mass is 10.1. The third-order valence-corrected chi connectivity index (χ3v) is 2.77. The molecule has 0 spiro atoms. The van der Waals surface area contributed by atoms with Crippen molar-refractivity contribution in [1.29, 1.82) is 0 Å². The second kappa shape index (κ2) is 5.51. The van der Waals surface area contributed by atoms with Crippen LogP contribution in [-0.2, 0) is 14.3 Å². The van der Waals surface area contributed by atoms with Gasteiger partial charge in [0.2, 0.25) is 5.91 Å². The van der Waals surface area contributed by atoms with E-state index in [2.05, 4.69) is 4.74 Å². The minimum Gasteiger partial charge on any atom is -0.481 e. The second-order valence-corrected chi connectivity index (χ2v) is 3.84. The molecular formula is C10H16N2O5. The summed E-state index contributed by atoms with van der Waals surface area (Å²) in [5, 5.41) is 8.73. The fraction of sp³-hybridized carbons (Fsp3) is 0.700. The zero-order valence-electron chi connectivity index (χ0n) is 9.88. The number of nitrogens with zero attached hydrogens (tertiary/aromatic N) is 2. The molecule has 0 aromatic carbocycles. The molecule has 1 atom stereocenters. The number of hydrogen-bond donors (Lipinski definition) is 1. The van der Waals surface area contributed by atoms with Crippen LogP contribution in [-0.4, -0.2) is 66.2 Å². The topological polar surface area (TPSA) is 87.2 Å². The third kappa shape index (κ3) is 3.08. The van der Waals surface area contributed by atoms with Crippen molar-refractivity contribution in [3.8, 4) is 0 Å². The first-order valence-corrected chi connectivity index (χ1v) is 5.32. The van der Waals surface area contributed by atoms with E-state index in [1.54, 1.807) is 0 Å². The summed E-state index contributed by atoms with van der Waals surface area (Å²) in [4.78, 5) is 36.5. The highest BCUT2D eigenvalue weighted by Crippen LogP contribution is 2.08. The molecule has 17 heavy (non-hydrogen) atoms. The summed E-state index contributed by atoms with van der Waals surface area (Å²) in [5.74, 6) is -2.59. The maximum absolute atomic E-state index is 11.7. The minimum atomic E-state index is -1.13. The number of carbonyl (C=O) groups is 3. The van der Waals surface area contributed by atoms with Crippen LogP contribution in [0.15, 0.2) is 0 Å². The Morgan fingerprint density at radius 1 is 1.12 bits per heavy atom. The van der Waals surface area contributed by atoms with Crippen molar-refractivity contribution in [2.45, 2.75) is 6.92 Å². The van der Waals surface area contributed by atoms with Gasteiger partial charge in [0.25, 0.3) is 0 Å². The van der Waals surface area contributed by atoms with Crippen molar-refractivity contribution in [3.05, 3.63) is 0 Å². The Hall–Kier alpha value is -1.79. The Labute approximate surface area is 98.9 Å². The van der Waals surface area contributed by atoms with Crippen LogP contribution in [0.3, 0.4) is 0 Å². The molecule has 1 saturated heterocycles. The maximum atomic E-state index is 11.7. The van der Waals surface area contributed by atoms with Crippen molar-refractivity contribution in [1.82, 2.24) is 9.80 Å². The molecular weight excluding hydrogens is 228 g/mol. The van der Waals surface area contributed by atoms with E-state index in [1.165, 1.54) is 23.8 Å². The molecule has 1 heterocycles. The normalized spacial score (nSPS) is 17.5. The van der Waals surface area contributed by atoms with Gasteiger partial charge >= 0.3 is 12.1 Å². The molecule has 1 unspecified atom stereocenters. The van der Waals surface area contributed by atoms with Gasteiger partial charge in [-0.05, 0) is 6.92 Å². The largest absolute Gasteiger partial charge is 0.481 e. The summed E-state index contributed by atoms with van der Waals surface area (Å²) >= 11 is 0. The molecule has 7 heteroatoms. The summed E-state index contributed by atoms with van der Waals surface area (Å²) in [6.07, 6.45) is -0.427. The van der Waals surface area contributed by atoms with E-state index in [1.807, 2.05) is 0 Å². The fourth-order valence-corrected chi connectivity index (χ4v) is 1.62. The average molecular weight is 244 g/mol. The third-order valence-electron chi connectivity index (χ3n) is 2.77. The number of piperazine rings is 1. The minimum absolute atomic E-state index is 0.339. The second-order valence-electron chi connectivity index (χ2n) is 3.84. The summed E-state index contributed by atoms with van der Waals surface area (Å²) in [6, 6.07) is 0. The van der Waals surface area contributed by atoms with E-state index < -0.39 is 23.9 Å². The zero-order valence-corrected chi connectivity index (χ0v) is 9.88. The Morgan fingerprint density at radius 3 is 2.00 bits per heavy atom. The molecule has 2 amide bonds. The Bertz CT molecular complexity index is 323. The first-order valence-electron chi connectivity index (χ1n) is 5.32. The molecule has 1 rings (SSSR count). The number of amides is 2. The highest BCUT2D eigenvalue weighted by molar-refractivity contribution is 5.96. The van der Waals surface area contributed by atoms with Crippen molar-refractivity contribution in [2.75, 3.05) is 33.3 Å². The highest BCUT2D eigenvalue weighted by Gasteiger charge is 2.30. The Morgan fingerprint density at radius 2 is 1.59 bits per heavy atom. The van der Waals surface area contributed by atoms with Crippen molar-refractivity contribution >= 4 is 18.0 Å². The number of carbonyl (C=O) groups excluding carboxylic acids is 2. The molecule has 0 aromatic rings. The maximum Gasteiger partial charge on any atom is 0.409 e. The highest BCUT2D eigenvalue weighted by atomic mass is 16.5. The van der Waals surface area contributed by atoms with Crippen LogP contribution < -0.4 is 0 Å². The molecule has 1 aliphatic heterocycles. The molecule has 0 radical (unpaired) electrons. The predicted molar refractivity (Wildman–Crippen MR) is 57.4 cm³/mol. The van der Waals surface area contributed by atoms with Crippen LogP contribution >= 0.6 is 0 Å². The van der Waals surface area contributed by atoms with Crippen molar-refractivity contribution in [2.24, 2.45) is 5.92 Å². The molecule has 0 aliphatic carbocycles. The van der Waals surface area contributed by atoms with Crippen molar-refractivity contribution in [3.63, 3.8) is 0 Å². The number of hydrogen-bond acceptors (Lipinski definition) is 4. The van der Waals surface area contributed by atoms with E-state index in [0.717, 1.165) is 0 Å². The zero-order chi connectivity index (χ0) is 13.0. The number of methoxy groups -OCH3 is 1. The summed E-state index contributed by atoms with van der Waals surface area (Å²) in [6.45, 7) is 2.77. The number of rotatable bonds is 2. The van der Waals surface area contributed by atoms with E-state index in [-0.39, 0.29) is 0 Å².